The van der Waals surface area contributed by atoms with Crippen molar-refractivity contribution in [3.63, 3.8) is 0 Å². The Morgan fingerprint density at radius 3 is 1.48 bits per heavy atom. The Morgan fingerprint density at radius 1 is 0.520 bits per heavy atom. The van der Waals surface area contributed by atoms with Crippen LogP contribution in [0.5, 0.6) is 0 Å². The smallest absolute Gasteiger partial charge is 0.382 e. The molecule has 0 bridgehead atoms. The summed E-state index contributed by atoms with van der Waals surface area (Å²) in [6.07, 6.45) is 6.47. The number of anilines is 3. The Kier molecular flexibility index (Phi) is 19.9. The second-order valence-corrected chi connectivity index (χ2v) is 21.3. The van der Waals surface area contributed by atoms with E-state index in [-0.39, 0.29) is 24.9 Å². The van der Waals surface area contributed by atoms with E-state index in [0.717, 1.165) is 47.7 Å². The number of aryl methyl sites for hydroxylation is 2. The topological polar surface area (TPSA) is 74.2 Å². The fraction of sp³-hybridized carbons (Fsp3) is 0.309. The van der Waals surface area contributed by atoms with Crippen LogP contribution in [0, 0.1) is 6.07 Å². The number of hydrogen-bond donors (Lipinski definition) is 3. The van der Waals surface area contributed by atoms with Gasteiger partial charge >= 0.3 is 18.9 Å². The minimum atomic E-state index is -0.0648. The van der Waals surface area contributed by atoms with Gasteiger partial charge in [0, 0.05) is 40.3 Å². The van der Waals surface area contributed by atoms with E-state index in [0.29, 0.717) is 35.8 Å². The van der Waals surface area contributed by atoms with E-state index in [1.54, 1.807) is 0 Å². The van der Waals surface area contributed by atoms with Crippen molar-refractivity contribution in [2.24, 2.45) is 4.99 Å². The van der Waals surface area contributed by atoms with Crippen LogP contribution in [0.3, 0.4) is 0 Å². The average molecular weight is 985 g/mol. The molecule has 2 aromatic heterocycles. The summed E-state index contributed by atoms with van der Waals surface area (Å²) in [5.74, 6) is 1.68. The van der Waals surface area contributed by atoms with Gasteiger partial charge in [0.25, 0.3) is 0 Å². The van der Waals surface area contributed by atoms with Gasteiger partial charge in [-0.25, -0.2) is 4.98 Å². The first-order chi connectivity index (χ1) is 35.9. The van der Waals surface area contributed by atoms with Crippen LogP contribution in [-0.2, 0) is 12.8 Å². The third-order valence-electron chi connectivity index (χ3n) is 14.2. The molecule has 75 heavy (non-hydrogen) atoms. The summed E-state index contributed by atoms with van der Waals surface area (Å²) in [4.78, 5) is 15.2. The summed E-state index contributed by atoms with van der Waals surface area (Å²) in [5, 5.41) is 11.4. The van der Waals surface area contributed by atoms with Gasteiger partial charge in [0.2, 0.25) is 0 Å². The Labute approximate surface area is 461 Å². The van der Waals surface area contributed by atoms with Gasteiger partial charge in [-0.3, -0.25) is 9.98 Å². The molecule has 0 saturated heterocycles. The van der Waals surface area contributed by atoms with Crippen LogP contribution in [0.1, 0.15) is 162 Å². The molecule has 2 aliphatic rings. The quantitative estimate of drug-likeness (QED) is 0.0646. The van der Waals surface area contributed by atoms with Gasteiger partial charge in [0.15, 0.2) is 0 Å². The number of nitrogens with one attached hydrogen (secondary N) is 3. The molecule has 0 radical (unpaired) electrons. The average Bonchev–Trinajstić information content (AvgIpc) is 3.42. The van der Waals surface area contributed by atoms with Crippen molar-refractivity contribution in [2.75, 3.05) is 16.0 Å². The number of rotatable bonds is 12. The van der Waals surface area contributed by atoms with Crippen molar-refractivity contribution in [1.82, 2.24) is 9.97 Å². The molecule has 0 saturated carbocycles. The van der Waals surface area contributed by atoms with E-state index < -0.39 is 0 Å². The Bertz CT molecular complexity index is 3030. The first kappa shape index (κ1) is 56.0. The first-order valence-corrected chi connectivity index (χ1v) is 27.1. The zero-order chi connectivity index (χ0) is 52.1. The van der Waals surface area contributed by atoms with Gasteiger partial charge in [0.05, 0.1) is 40.7 Å². The van der Waals surface area contributed by atoms with Crippen molar-refractivity contribution in [3.8, 4) is 22.5 Å². The second-order valence-electron chi connectivity index (χ2n) is 21.3. The molecular weight excluding hydrogens is 908 g/mol. The molecule has 8 aromatic rings. The van der Waals surface area contributed by atoms with Crippen molar-refractivity contribution in [2.45, 2.75) is 137 Å². The molecular formula is C68H77LiN6. The molecule has 2 aliphatic heterocycles. The van der Waals surface area contributed by atoms with Crippen LogP contribution in [0.25, 0.3) is 22.5 Å². The number of nitrogens with zero attached hydrogens (tertiary/aromatic N) is 3. The van der Waals surface area contributed by atoms with Crippen LogP contribution >= 0.6 is 0 Å². The number of hydrogen-bond acceptors (Lipinski definition) is 6. The second kappa shape index (κ2) is 26.7. The predicted molar refractivity (Wildman–Crippen MR) is 316 cm³/mol. The summed E-state index contributed by atoms with van der Waals surface area (Å²) < 4.78 is 0. The number of aromatic nitrogens is 2. The molecule has 380 valence electrons. The van der Waals surface area contributed by atoms with E-state index in [1.807, 2.05) is 42.6 Å². The van der Waals surface area contributed by atoms with Crippen LogP contribution in [0.4, 0.5) is 22.7 Å². The number of pyridine rings is 2. The normalized spacial score (nSPS) is 15.1. The molecule has 0 spiro atoms. The molecule has 6 aromatic carbocycles. The molecule has 3 N–H and O–H groups in total. The maximum atomic E-state index is 5.30. The standard InChI is InChI=1S/C34H39N3.C28H33N3.C6H5.Li/c1-22(2)27-15-10-16-28(23(3)4)34(27)37-33(25-12-7-6-8-13-25)31-19-11-18-30(36-31)29-17-9-14-26-21-20-24(5)35-32(26)29;1-18(2)23-11-8-12-24(19(3)4)28(23)29-17-22-10-7-14-26(31-22)25-13-6-9-21-16-15-20(5)30-27(21)25;1-2-4-6-5-3-1;/h6-19,22-24,33,35,37H,20-21H2,1-5H3;6-14,17-20,30H,15-16H2,1-5H3;1-5H;/q;;-1;+1. The zero-order valence-electron chi connectivity index (χ0n) is 46.5. The third kappa shape index (κ3) is 14.2. The molecule has 10 rings (SSSR count). The Hall–Kier alpha value is -6.71. The van der Waals surface area contributed by atoms with Gasteiger partial charge < -0.3 is 16.0 Å². The monoisotopic (exact) mass is 985 g/mol. The van der Waals surface area contributed by atoms with E-state index in [1.165, 1.54) is 73.6 Å². The molecule has 7 heteroatoms. The van der Waals surface area contributed by atoms with Gasteiger partial charge in [-0.05, 0) is 126 Å². The number of para-hydroxylation sites is 4. The van der Waals surface area contributed by atoms with Crippen LogP contribution in [-0.4, -0.2) is 28.3 Å². The van der Waals surface area contributed by atoms with Gasteiger partial charge in [-0.2, -0.15) is 36.4 Å². The van der Waals surface area contributed by atoms with E-state index in [4.69, 9.17) is 15.0 Å². The van der Waals surface area contributed by atoms with E-state index in [9.17, 15) is 0 Å². The van der Waals surface area contributed by atoms with Gasteiger partial charge in [-0.1, -0.05) is 171 Å². The summed E-state index contributed by atoms with van der Waals surface area (Å²) in [6.45, 7) is 22.5. The fourth-order valence-electron chi connectivity index (χ4n) is 10.2. The van der Waals surface area contributed by atoms with Crippen molar-refractivity contribution < 1.29 is 18.9 Å². The largest absolute Gasteiger partial charge is 1.00 e. The van der Waals surface area contributed by atoms with Gasteiger partial charge in [0.1, 0.15) is 0 Å². The van der Waals surface area contributed by atoms with Crippen LogP contribution < -0.4 is 34.8 Å². The zero-order valence-corrected chi connectivity index (χ0v) is 46.5. The molecule has 0 aliphatic carbocycles. The minimum Gasteiger partial charge on any atom is -0.382 e. The van der Waals surface area contributed by atoms with E-state index in [2.05, 4.69) is 225 Å². The van der Waals surface area contributed by atoms with Gasteiger partial charge in [-0.15, -0.1) is 0 Å². The SMILES string of the molecule is CC1CCc2cccc(-c3cccc(C(Nc4c(C(C)C)cccc4C(C)C)c4ccccc4)n3)c2N1.CC1CCc2cccc(-c3cccc(C=Nc4c(C(C)C)cccc4C(C)C)n3)c2N1.[Li+].[c-]1ccccc1. The number of benzene rings is 6. The summed E-state index contributed by atoms with van der Waals surface area (Å²) in [6, 6.07) is 63.1. The van der Waals surface area contributed by atoms with E-state index >= 15 is 0 Å². The maximum Gasteiger partial charge on any atom is 1.00 e. The Balaban J connectivity index is 0.000000196. The van der Waals surface area contributed by atoms with Crippen molar-refractivity contribution >= 4 is 29.0 Å². The molecule has 0 fully saturated rings. The predicted octanol–water partition coefficient (Wildman–Crippen LogP) is 14.9. The molecule has 0 amide bonds. The maximum absolute atomic E-state index is 5.30. The molecule has 3 unspecified atom stereocenters. The van der Waals surface area contributed by atoms with Crippen molar-refractivity contribution in [1.29, 1.82) is 0 Å². The van der Waals surface area contributed by atoms with Crippen molar-refractivity contribution in [3.05, 3.63) is 226 Å². The number of fused-ring (bicyclic) bond motifs is 2. The Morgan fingerprint density at radius 2 is 0.987 bits per heavy atom. The summed E-state index contributed by atoms with van der Waals surface area (Å²) >= 11 is 0. The molecule has 4 heterocycles. The molecule has 6 nitrogen and oxygen atoms in total. The van der Waals surface area contributed by atoms with Crippen LogP contribution in [0.2, 0.25) is 0 Å². The fourth-order valence-corrected chi connectivity index (χ4v) is 10.2. The number of aliphatic imine (C=N–C) groups is 1. The minimum absolute atomic E-state index is 0. The van der Waals surface area contributed by atoms with Crippen LogP contribution in [0.15, 0.2) is 175 Å². The first-order valence-electron chi connectivity index (χ1n) is 27.1. The molecule has 3 atom stereocenters. The summed E-state index contributed by atoms with van der Waals surface area (Å²) in [7, 11) is 0. The summed E-state index contributed by atoms with van der Waals surface area (Å²) in [5.41, 5.74) is 20.3. The third-order valence-corrected chi connectivity index (χ3v) is 14.2.